The maximum Gasteiger partial charge on any atom is 0.359 e. The van der Waals surface area contributed by atoms with Crippen molar-refractivity contribution < 1.29 is 9.15 Å². The summed E-state index contributed by atoms with van der Waals surface area (Å²) in [5.74, 6) is 1.77. The molecule has 130 valence electrons. The van der Waals surface area contributed by atoms with E-state index in [1.807, 2.05) is 30.5 Å². The number of aryl methyl sites for hydroxylation is 1. The third-order valence-corrected chi connectivity index (χ3v) is 4.48. The molecule has 0 amide bonds. The minimum Gasteiger partial charge on any atom is -0.497 e. The quantitative estimate of drug-likeness (QED) is 0.330. The third-order valence-electron chi connectivity index (χ3n) is 4.48. The van der Waals surface area contributed by atoms with E-state index in [1.165, 1.54) is 56.9 Å². The number of benzene rings is 1. The Kier molecular flexibility index (Phi) is 8.37. The predicted octanol–water partition coefficient (Wildman–Crippen LogP) is 6.92. The van der Waals surface area contributed by atoms with Crippen LogP contribution in [0.2, 0.25) is 0 Å². The average Bonchev–Trinajstić information content (AvgIpc) is 2.64. The molecule has 0 radical (unpaired) electrons. The summed E-state index contributed by atoms with van der Waals surface area (Å²) in [6, 6.07) is 12.2. The SMILES string of the molecule is CCCCCCCCCCc1ccc(-c2ccc(OC)cc2)[o+]c1. The number of ether oxygens (including phenoxy) is 1. The molecule has 1 aromatic carbocycles. The van der Waals surface area contributed by atoms with E-state index in [2.05, 4.69) is 19.1 Å². The molecule has 0 fully saturated rings. The van der Waals surface area contributed by atoms with Crippen molar-refractivity contribution in [2.24, 2.45) is 0 Å². The van der Waals surface area contributed by atoms with Gasteiger partial charge < -0.3 is 4.74 Å². The summed E-state index contributed by atoms with van der Waals surface area (Å²) in [5.41, 5.74) is 2.37. The van der Waals surface area contributed by atoms with Gasteiger partial charge in [0.1, 0.15) is 5.75 Å². The number of methoxy groups -OCH3 is 1. The van der Waals surface area contributed by atoms with Crippen molar-refractivity contribution in [3.8, 4) is 17.1 Å². The van der Waals surface area contributed by atoms with E-state index < -0.39 is 0 Å². The van der Waals surface area contributed by atoms with Gasteiger partial charge in [0, 0.05) is 11.6 Å². The lowest BCUT2D eigenvalue weighted by molar-refractivity contribution is 0.415. The molecule has 24 heavy (non-hydrogen) atoms. The second kappa shape index (κ2) is 10.9. The van der Waals surface area contributed by atoms with Crippen LogP contribution < -0.4 is 4.74 Å². The first kappa shape index (κ1) is 18.5. The maximum absolute atomic E-state index is 5.80. The zero-order valence-electron chi connectivity index (χ0n) is 15.2. The Morgan fingerprint density at radius 3 is 2.04 bits per heavy atom. The monoisotopic (exact) mass is 327 g/mol. The van der Waals surface area contributed by atoms with Gasteiger partial charge in [-0.05, 0) is 43.2 Å². The summed E-state index contributed by atoms with van der Waals surface area (Å²) in [7, 11) is 1.68. The fourth-order valence-corrected chi connectivity index (χ4v) is 2.93. The molecule has 0 bridgehead atoms. The minimum absolute atomic E-state index is 0.866. The van der Waals surface area contributed by atoms with Gasteiger partial charge in [0.25, 0.3) is 0 Å². The second-order valence-electron chi connectivity index (χ2n) is 6.46. The molecule has 2 rings (SSSR count). The van der Waals surface area contributed by atoms with Crippen molar-refractivity contribution >= 4 is 0 Å². The minimum atomic E-state index is 0.866. The van der Waals surface area contributed by atoms with Gasteiger partial charge in [-0.3, -0.25) is 0 Å². The Hall–Kier alpha value is -1.83. The van der Waals surface area contributed by atoms with Gasteiger partial charge in [-0.1, -0.05) is 51.9 Å². The van der Waals surface area contributed by atoms with Crippen LogP contribution in [0.15, 0.2) is 47.1 Å². The van der Waals surface area contributed by atoms with Gasteiger partial charge in [0.2, 0.25) is 0 Å². The molecule has 0 aliphatic carbocycles. The van der Waals surface area contributed by atoms with Gasteiger partial charge in [-0.25, -0.2) is 4.42 Å². The Labute approximate surface area is 146 Å². The highest BCUT2D eigenvalue weighted by Gasteiger charge is 2.11. The Bertz CT molecular complexity index is 558. The topological polar surface area (TPSA) is 20.5 Å². The van der Waals surface area contributed by atoms with Crippen molar-refractivity contribution in [3.05, 3.63) is 48.2 Å². The normalized spacial score (nSPS) is 10.8. The lowest BCUT2D eigenvalue weighted by Crippen LogP contribution is -1.87. The molecule has 0 aliphatic rings. The summed E-state index contributed by atoms with van der Waals surface area (Å²) in [6.07, 6.45) is 13.9. The van der Waals surface area contributed by atoms with Gasteiger partial charge in [0.15, 0.2) is 0 Å². The second-order valence-corrected chi connectivity index (χ2v) is 6.46. The van der Waals surface area contributed by atoms with Crippen molar-refractivity contribution in [3.63, 3.8) is 0 Å². The first-order valence-corrected chi connectivity index (χ1v) is 9.38. The van der Waals surface area contributed by atoms with E-state index >= 15 is 0 Å². The predicted molar refractivity (Wildman–Crippen MR) is 101 cm³/mol. The molecular formula is C22H31O2+. The third kappa shape index (κ3) is 6.35. The first-order valence-electron chi connectivity index (χ1n) is 9.38. The maximum atomic E-state index is 5.80. The molecule has 2 heteroatoms. The molecule has 1 aromatic heterocycles. The highest BCUT2D eigenvalue weighted by Crippen LogP contribution is 2.23. The zero-order valence-corrected chi connectivity index (χ0v) is 15.2. The lowest BCUT2D eigenvalue weighted by atomic mass is 10.0. The van der Waals surface area contributed by atoms with E-state index in [0.717, 1.165) is 23.5 Å². The Morgan fingerprint density at radius 2 is 1.46 bits per heavy atom. The van der Waals surface area contributed by atoms with Gasteiger partial charge in [0.05, 0.1) is 12.7 Å². The Balaban J connectivity index is 1.70. The van der Waals surface area contributed by atoms with Crippen LogP contribution in [-0.4, -0.2) is 7.11 Å². The smallest absolute Gasteiger partial charge is 0.359 e. The van der Waals surface area contributed by atoms with Crippen molar-refractivity contribution in [2.75, 3.05) is 7.11 Å². The molecule has 0 saturated heterocycles. The number of hydrogen-bond donors (Lipinski definition) is 0. The zero-order chi connectivity index (χ0) is 17.0. The summed E-state index contributed by atoms with van der Waals surface area (Å²) >= 11 is 0. The number of unbranched alkanes of at least 4 members (excludes halogenated alkanes) is 7. The lowest BCUT2D eigenvalue weighted by Gasteiger charge is -2.01. The highest BCUT2D eigenvalue weighted by molar-refractivity contribution is 5.58. The van der Waals surface area contributed by atoms with Gasteiger partial charge in [-0.15, -0.1) is 0 Å². The molecular weight excluding hydrogens is 296 g/mol. The van der Waals surface area contributed by atoms with E-state index in [9.17, 15) is 0 Å². The number of rotatable bonds is 11. The summed E-state index contributed by atoms with van der Waals surface area (Å²) in [5, 5.41) is 0. The van der Waals surface area contributed by atoms with E-state index in [0.29, 0.717) is 0 Å². The molecule has 2 aromatic rings. The van der Waals surface area contributed by atoms with Crippen LogP contribution in [0.3, 0.4) is 0 Å². The Morgan fingerprint density at radius 1 is 0.792 bits per heavy atom. The molecule has 0 spiro atoms. The molecule has 0 unspecified atom stereocenters. The van der Waals surface area contributed by atoms with Crippen LogP contribution in [0.1, 0.15) is 63.9 Å². The van der Waals surface area contributed by atoms with Gasteiger partial charge >= 0.3 is 12.0 Å². The number of hydrogen-bond acceptors (Lipinski definition) is 1. The van der Waals surface area contributed by atoms with Crippen LogP contribution in [0.5, 0.6) is 5.75 Å². The van der Waals surface area contributed by atoms with Crippen LogP contribution in [0.4, 0.5) is 0 Å². The fraction of sp³-hybridized carbons (Fsp3) is 0.500. The van der Waals surface area contributed by atoms with Crippen molar-refractivity contribution in [1.29, 1.82) is 0 Å². The van der Waals surface area contributed by atoms with E-state index in [1.54, 1.807) is 7.11 Å². The molecule has 1 heterocycles. The summed E-state index contributed by atoms with van der Waals surface area (Å²) < 4.78 is 11.0. The summed E-state index contributed by atoms with van der Waals surface area (Å²) in [6.45, 7) is 2.27. The molecule has 2 nitrogen and oxygen atoms in total. The van der Waals surface area contributed by atoms with Crippen LogP contribution >= 0.6 is 0 Å². The van der Waals surface area contributed by atoms with Crippen LogP contribution in [0, 0.1) is 0 Å². The molecule has 0 aliphatic heterocycles. The van der Waals surface area contributed by atoms with E-state index in [-0.39, 0.29) is 0 Å². The standard InChI is InChI=1S/C22H31O2/c1-3-4-5-6-7-8-9-10-11-19-12-17-22(24-18-19)20-13-15-21(23-2)16-14-20/h12-18H,3-11H2,1-2H3/q+1. The molecule has 0 saturated carbocycles. The average molecular weight is 327 g/mol. The fourth-order valence-electron chi connectivity index (χ4n) is 2.93. The highest BCUT2D eigenvalue weighted by atomic mass is 16.5. The van der Waals surface area contributed by atoms with Crippen molar-refractivity contribution in [2.45, 2.75) is 64.7 Å². The van der Waals surface area contributed by atoms with Crippen LogP contribution in [-0.2, 0) is 6.42 Å². The van der Waals surface area contributed by atoms with Crippen molar-refractivity contribution in [1.82, 2.24) is 0 Å². The molecule has 0 N–H and O–H groups in total. The summed E-state index contributed by atoms with van der Waals surface area (Å²) in [4.78, 5) is 0. The van der Waals surface area contributed by atoms with Gasteiger partial charge in [-0.2, -0.15) is 0 Å². The van der Waals surface area contributed by atoms with E-state index in [4.69, 9.17) is 9.15 Å². The first-order chi connectivity index (χ1) is 11.8. The largest absolute Gasteiger partial charge is 0.497 e. The van der Waals surface area contributed by atoms with Crippen LogP contribution in [0.25, 0.3) is 11.3 Å². The molecule has 0 atom stereocenters.